The van der Waals surface area contributed by atoms with Crippen molar-refractivity contribution < 1.29 is 9.53 Å². The molecule has 1 aromatic heterocycles. The van der Waals surface area contributed by atoms with E-state index in [2.05, 4.69) is 28.6 Å². The molecule has 3 aromatic rings. The lowest BCUT2D eigenvalue weighted by atomic mass is 10.1. The second kappa shape index (κ2) is 8.95. The van der Waals surface area contributed by atoms with E-state index < -0.39 is 0 Å². The Morgan fingerprint density at radius 3 is 2.66 bits per heavy atom. The molecular formula is C24H27N3O2. The average molecular weight is 389 g/mol. The van der Waals surface area contributed by atoms with Gasteiger partial charge in [0.25, 0.3) is 0 Å². The molecular weight excluding hydrogens is 362 g/mol. The summed E-state index contributed by atoms with van der Waals surface area (Å²) in [5.41, 5.74) is 2.31. The van der Waals surface area contributed by atoms with Crippen LogP contribution in [0.2, 0.25) is 0 Å². The summed E-state index contributed by atoms with van der Waals surface area (Å²) in [6.45, 7) is 4.34. The third-order valence-corrected chi connectivity index (χ3v) is 5.36. The lowest BCUT2D eigenvalue weighted by Gasteiger charge is -2.17. The normalized spacial score (nSPS) is 16.4. The molecule has 0 saturated carbocycles. The van der Waals surface area contributed by atoms with Crippen LogP contribution in [0, 0.1) is 0 Å². The molecule has 150 valence electrons. The van der Waals surface area contributed by atoms with Crippen LogP contribution in [-0.4, -0.2) is 40.1 Å². The van der Waals surface area contributed by atoms with Gasteiger partial charge in [-0.1, -0.05) is 37.3 Å². The fourth-order valence-electron chi connectivity index (χ4n) is 3.89. The summed E-state index contributed by atoms with van der Waals surface area (Å²) in [5, 5.41) is 0. The number of imidazole rings is 1. The molecule has 1 aliphatic heterocycles. The number of amides is 1. The van der Waals surface area contributed by atoms with Gasteiger partial charge >= 0.3 is 0 Å². The molecule has 5 nitrogen and oxygen atoms in total. The van der Waals surface area contributed by atoms with Gasteiger partial charge in [-0.3, -0.25) is 4.79 Å². The molecule has 1 amide bonds. The van der Waals surface area contributed by atoms with Crippen molar-refractivity contribution in [3.63, 3.8) is 0 Å². The van der Waals surface area contributed by atoms with Crippen LogP contribution in [0.15, 0.2) is 67.0 Å². The van der Waals surface area contributed by atoms with Crippen LogP contribution in [0.5, 0.6) is 5.75 Å². The van der Waals surface area contributed by atoms with E-state index in [-0.39, 0.29) is 11.9 Å². The highest BCUT2D eigenvalue weighted by molar-refractivity contribution is 5.79. The third kappa shape index (κ3) is 4.50. The first kappa shape index (κ1) is 19.2. The predicted octanol–water partition coefficient (Wildman–Crippen LogP) is 4.36. The lowest BCUT2D eigenvalue weighted by Crippen LogP contribution is -2.26. The van der Waals surface area contributed by atoms with Crippen LogP contribution in [0.3, 0.4) is 0 Å². The Bertz CT molecular complexity index is 934. The fraction of sp³-hybridized carbons (Fsp3) is 0.333. The van der Waals surface area contributed by atoms with Crippen LogP contribution in [0.25, 0.3) is 11.4 Å². The molecule has 1 atom stereocenters. The van der Waals surface area contributed by atoms with E-state index >= 15 is 0 Å². The maximum absolute atomic E-state index is 12.2. The number of hydrogen-bond acceptors (Lipinski definition) is 3. The first-order chi connectivity index (χ1) is 14.2. The first-order valence-corrected chi connectivity index (χ1v) is 10.3. The Kier molecular flexibility index (Phi) is 5.94. The highest BCUT2D eigenvalue weighted by atomic mass is 16.5. The molecule has 0 N–H and O–H groups in total. The van der Waals surface area contributed by atoms with E-state index in [1.165, 1.54) is 5.56 Å². The molecule has 1 fully saturated rings. The van der Waals surface area contributed by atoms with E-state index in [0.717, 1.165) is 43.1 Å². The molecule has 29 heavy (non-hydrogen) atoms. The highest BCUT2D eigenvalue weighted by Gasteiger charge is 2.31. The fourth-order valence-corrected chi connectivity index (χ4v) is 3.89. The standard InChI is InChI=1S/C24H27N3O2/c1-2-14-26-18-21(17-23(26)28)27-15-13-25-24(27)20-8-10-22(11-9-20)29-16-12-19-6-4-3-5-7-19/h3-11,13,15,21H,2,12,14,16-18H2,1H3. The van der Waals surface area contributed by atoms with Gasteiger partial charge < -0.3 is 14.2 Å². The van der Waals surface area contributed by atoms with Gasteiger partial charge in [0.2, 0.25) is 5.91 Å². The Morgan fingerprint density at radius 1 is 1.10 bits per heavy atom. The summed E-state index contributed by atoms with van der Waals surface area (Å²) in [7, 11) is 0. The van der Waals surface area contributed by atoms with Crippen molar-refractivity contribution in [1.29, 1.82) is 0 Å². The molecule has 0 spiro atoms. The SMILES string of the molecule is CCCN1CC(n2ccnc2-c2ccc(OCCc3ccccc3)cc2)CC1=O. The number of rotatable bonds is 8. The van der Waals surface area contributed by atoms with Crippen molar-refractivity contribution in [3.8, 4) is 17.1 Å². The van der Waals surface area contributed by atoms with Crippen LogP contribution >= 0.6 is 0 Å². The van der Waals surface area contributed by atoms with Gasteiger partial charge in [-0.25, -0.2) is 4.98 Å². The van der Waals surface area contributed by atoms with Crippen LogP contribution in [0.4, 0.5) is 0 Å². The second-order valence-corrected chi connectivity index (χ2v) is 7.46. The van der Waals surface area contributed by atoms with Crippen LogP contribution in [0.1, 0.15) is 31.4 Å². The van der Waals surface area contributed by atoms with Gasteiger partial charge in [-0.2, -0.15) is 0 Å². The number of nitrogens with zero attached hydrogens (tertiary/aromatic N) is 3. The van der Waals surface area contributed by atoms with E-state index in [1.54, 1.807) is 0 Å². The number of ether oxygens (including phenoxy) is 1. The van der Waals surface area contributed by atoms with Gasteiger partial charge in [0.1, 0.15) is 11.6 Å². The van der Waals surface area contributed by atoms with Crippen molar-refractivity contribution in [2.45, 2.75) is 32.2 Å². The summed E-state index contributed by atoms with van der Waals surface area (Å²) >= 11 is 0. The number of carbonyl (C=O) groups is 1. The minimum atomic E-state index is 0.147. The molecule has 2 aromatic carbocycles. The topological polar surface area (TPSA) is 47.4 Å². The van der Waals surface area contributed by atoms with Crippen molar-refractivity contribution >= 4 is 5.91 Å². The maximum atomic E-state index is 12.2. The molecule has 1 unspecified atom stereocenters. The Morgan fingerprint density at radius 2 is 1.90 bits per heavy atom. The number of likely N-dealkylation sites (tertiary alicyclic amines) is 1. The largest absolute Gasteiger partial charge is 0.493 e. The van der Waals surface area contributed by atoms with Crippen molar-refractivity contribution in [2.75, 3.05) is 19.7 Å². The van der Waals surface area contributed by atoms with Crippen LogP contribution in [-0.2, 0) is 11.2 Å². The van der Waals surface area contributed by atoms with Gasteiger partial charge in [-0.05, 0) is 36.2 Å². The van der Waals surface area contributed by atoms with E-state index in [9.17, 15) is 4.79 Å². The van der Waals surface area contributed by atoms with Crippen molar-refractivity contribution in [3.05, 3.63) is 72.6 Å². The second-order valence-electron chi connectivity index (χ2n) is 7.46. The number of benzene rings is 2. The van der Waals surface area contributed by atoms with Gasteiger partial charge in [0.05, 0.1) is 12.6 Å². The minimum absolute atomic E-state index is 0.147. The molecule has 0 bridgehead atoms. The zero-order valence-electron chi connectivity index (χ0n) is 16.8. The van der Waals surface area contributed by atoms with Gasteiger partial charge in [-0.15, -0.1) is 0 Å². The molecule has 4 rings (SSSR count). The number of aromatic nitrogens is 2. The molecule has 5 heteroatoms. The Balaban J connectivity index is 1.40. The average Bonchev–Trinajstić information content (AvgIpc) is 3.37. The quantitative estimate of drug-likeness (QED) is 0.575. The summed E-state index contributed by atoms with van der Waals surface area (Å²) in [5.74, 6) is 1.99. The Hall–Kier alpha value is -3.08. The monoisotopic (exact) mass is 389 g/mol. The van der Waals surface area contributed by atoms with Gasteiger partial charge in [0, 0.05) is 43.9 Å². The van der Waals surface area contributed by atoms with Crippen molar-refractivity contribution in [1.82, 2.24) is 14.5 Å². The van der Waals surface area contributed by atoms with E-state index in [1.807, 2.05) is 59.8 Å². The lowest BCUT2D eigenvalue weighted by molar-refractivity contribution is -0.127. The maximum Gasteiger partial charge on any atom is 0.224 e. The molecule has 1 saturated heterocycles. The van der Waals surface area contributed by atoms with Crippen molar-refractivity contribution in [2.24, 2.45) is 0 Å². The van der Waals surface area contributed by atoms with E-state index in [4.69, 9.17) is 4.74 Å². The van der Waals surface area contributed by atoms with Gasteiger partial charge in [0.15, 0.2) is 0 Å². The molecule has 0 aliphatic carbocycles. The molecule has 0 radical (unpaired) electrons. The highest BCUT2D eigenvalue weighted by Crippen LogP contribution is 2.29. The predicted molar refractivity (Wildman–Crippen MR) is 114 cm³/mol. The molecule has 1 aliphatic rings. The third-order valence-electron chi connectivity index (χ3n) is 5.36. The van der Waals surface area contributed by atoms with E-state index in [0.29, 0.717) is 13.0 Å². The summed E-state index contributed by atoms with van der Waals surface area (Å²) in [4.78, 5) is 18.7. The zero-order chi connectivity index (χ0) is 20.1. The zero-order valence-corrected chi connectivity index (χ0v) is 16.8. The number of carbonyl (C=O) groups excluding carboxylic acids is 1. The summed E-state index contributed by atoms with van der Waals surface area (Å²) in [6, 6.07) is 18.5. The Labute approximate surface area is 171 Å². The summed E-state index contributed by atoms with van der Waals surface area (Å²) < 4.78 is 8.03. The molecule has 2 heterocycles. The summed E-state index contributed by atoms with van der Waals surface area (Å²) in [6.07, 6.45) is 6.21. The minimum Gasteiger partial charge on any atom is -0.493 e. The number of hydrogen-bond donors (Lipinski definition) is 0. The first-order valence-electron chi connectivity index (χ1n) is 10.3. The van der Waals surface area contributed by atoms with Crippen LogP contribution < -0.4 is 4.74 Å². The smallest absolute Gasteiger partial charge is 0.224 e.